The maximum absolute atomic E-state index is 12.4. The molecular formula is C17H21N3O3. The summed E-state index contributed by atoms with van der Waals surface area (Å²) >= 11 is 0. The molecule has 0 aliphatic carbocycles. The molecule has 0 saturated carbocycles. The van der Waals surface area contributed by atoms with Gasteiger partial charge in [0.15, 0.2) is 0 Å². The van der Waals surface area contributed by atoms with Crippen molar-refractivity contribution >= 4 is 16.8 Å². The van der Waals surface area contributed by atoms with Crippen molar-refractivity contribution in [2.75, 3.05) is 13.2 Å². The van der Waals surface area contributed by atoms with E-state index in [-0.39, 0.29) is 24.0 Å². The van der Waals surface area contributed by atoms with Crippen LogP contribution in [0.2, 0.25) is 0 Å². The summed E-state index contributed by atoms with van der Waals surface area (Å²) in [5, 5.41) is 3.45. The number of para-hydroxylation sites is 1. The van der Waals surface area contributed by atoms with E-state index in [1.165, 1.54) is 10.9 Å². The smallest absolute Gasteiger partial charge is 0.261 e. The molecule has 1 aliphatic rings. The zero-order valence-corrected chi connectivity index (χ0v) is 13.2. The number of aryl methyl sites for hydroxylation is 2. The lowest BCUT2D eigenvalue weighted by Crippen LogP contribution is -2.33. The fraction of sp³-hybridized carbons (Fsp3) is 0.471. The van der Waals surface area contributed by atoms with Gasteiger partial charge in [-0.1, -0.05) is 12.1 Å². The van der Waals surface area contributed by atoms with Gasteiger partial charge in [0.2, 0.25) is 5.91 Å². The zero-order chi connectivity index (χ0) is 16.2. The molecule has 1 aliphatic heterocycles. The molecule has 0 spiro atoms. The standard InChI is InChI=1S/C17H21N3O3/c1-12-4-2-6-14-16(12)19-11-20(17(14)22)8-7-15(21)18-10-13-5-3-9-23-13/h2,4,6,11,13H,3,5,7-10H2,1H3,(H,18,21)/t13-/m1/s1. The van der Waals surface area contributed by atoms with E-state index in [0.717, 1.165) is 30.5 Å². The largest absolute Gasteiger partial charge is 0.376 e. The second-order valence-electron chi connectivity index (χ2n) is 5.90. The summed E-state index contributed by atoms with van der Waals surface area (Å²) in [6, 6.07) is 5.54. The van der Waals surface area contributed by atoms with Gasteiger partial charge >= 0.3 is 0 Å². The number of fused-ring (bicyclic) bond motifs is 1. The number of ether oxygens (including phenoxy) is 1. The molecule has 1 N–H and O–H groups in total. The van der Waals surface area contributed by atoms with Gasteiger partial charge in [0.25, 0.3) is 5.56 Å². The molecular weight excluding hydrogens is 294 g/mol. The van der Waals surface area contributed by atoms with Crippen LogP contribution in [0.3, 0.4) is 0 Å². The highest BCUT2D eigenvalue weighted by atomic mass is 16.5. The fourth-order valence-corrected chi connectivity index (χ4v) is 2.84. The fourth-order valence-electron chi connectivity index (χ4n) is 2.84. The first-order valence-corrected chi connectivity index (χ1v) is 7.98. The molecule has 0 radical (unpaired) electrons. The van der Waals surface area contributed by atoms with E-state index < -0.39 is 0 Å². The molecule has 1 atom stereocenters. The summed E-state index contributed by atoms with van der Waals surface area (Å²) in [5.41, 5.74) is 1.59. The van der Waals surface area contributed by atoms with Crippen LogP contribution >= 0.6 is 0 Å². The maximum atomic E-state index is 12.4. The third-order valence-electron chi connectivity index (χ3n) is 4.19. The lowest BCUT2D eigenvalue weighted by molar-refractivity contribution is -0.121. The monoisotopic (exact) mass is 315 g/mol. The van der Waals surface area contributed by atoms with Crippen molar-refractivity contribution in [3.05, 3.63) is 40.4 Å². The predicted octanol–water partition coefficient (Wildman–Crippen LogP) is 1.39. The predicted molar refractivity (Wildman–Crippen MR) is 87.3 cm³/mol. The average Bonchev–Trinajstić information content (AvgIpc) is 3.06. The molecule has 1 aromatic heterocycles. The number of carbonyl (C=O) groups is 1. The second-order valence-corrected chi connectivity index (χ2v) is 5.90. The molecule has 1 saturated heterocycles. The molecule has 23 heavy (non-hydrogen) atoms. The van der Waals surface area contributed by atoms with E-state index in [1.54, 1.807) is 6.07 Å². The Labute approximate surface area is 134 Å². The van der Waals surface area contributed by atoms with Crippen LogP contribution in [0.4, 0.5) is 0 Å². The average molecular weight is 315 g/mol. The van der Waals surface area contributed by atoms with Gasteiger partial charge in [0, 0.05) is 26.1 Å². The van der Waals surface area contributed by atoms with E-state index >= 15 is 0 Å². The van der Waals surface area contributed by atoms with Gasteiger partial charge in [-0.25, -0.2) is 4.98 Å². The molecule has 3 rings (SSSR count). The first-order valence-electron chi connectivity index (χ1n) is 7.98. The number of hydrogen-bond acceptors (Lipinski definition) is 4. The SMILES string of the molecule is Cc1cccc2c(=O)n(CCC(=O)NC[C@H]3CCCO3)cnc12. The Hall–Kier alpha value is -2.21. The van der Waals surface area contributed by atoms with Gasteiger partial charge in [-0.05, 0) is 31.4 Å². The summed E-state index contributed by atoms with van der Waals surface area (Å²) in [5.74, 6) is -0.0725. The van der Waals surface area contributed by atoms with Crippen LogP contribution < -0.4 is 10.9 Å². The van der Waals surface area contributed by atoms with E-state index in [0.29, 0.717) is 18.5 Å². The summed E-state index contributed by atoms with van der Waals surface area (Å²) in [6.07, 6.45) is 3.95. The van der Waals surface area contributed by atoms with Crippen molar-refractivity contribution in [2.24, 2.45) is 0 Å². The third kappa shape index (κ3) is 3.59. The quantitative estimate of drug-likeness (QED) is 0.905. The highest BCUT2D eigenvalue weighted by molar-refractivity contribution is 5.80. The second kappa shape index (κ2) is 6.91. The lowest BCUT2D eigenvalue weighted by Gasteiger charge is -2.11. The number of rotatable bonds is 5. The number of amides is 1. The number of hydrogen-bond donors (Lipinski definition) is 1. The molecule has 1 aromatic carbocycles. The normalized spacial score (nSPS) is 17.5. The first kappa shape index (κ1) is 15.7. The van der Waals surface area contributed by atoms with Gasteiger partial charge in [0.05, 0.1) is 23.3 Å². The number of nitrogens with zero attached hydrogens (tertiary/aromatic N) is 2. The lowest BCUT2D eigenvalue weighted by atomic mass is 10.1. The van der Waals surface area contributed by atoms with Crippen molar-refractivity contribution < 1.29 is 9.53 Å². The van der Waals surface area contributed by atoms with Crippen molar-refractivity contribution in [2.45, 2.75) is 38.8 Å². The molecule has 0 unspecified atom stereocenters. The highest BCUT2D eigenvalue weighted by Gasteiger charge is 2.16. The summed E-state index contributed by atoms with van der Waals surface area (Å²) in [6.45, 7) is 3.58. The van der Waals surface area contributed by atoms with Crippen molar-refractivity contribution in [3.8, 4) is 0 Å². The Balaban J connectivity index is 1.61. The van der Waals surface area contributed by atoms with Crippen LogP contribution in [0.1, 0.15) is 24.8 Å². The van der Waals surface area contributed by atoms with Gasteiger partial charge in [0.1, 0.15) is 0 Å². The van der Waals surface area contributed by atoms with Gasteiger partial charge in [-0.3, -0.25) is 14.2 Å². The van der Waals surface area contributed by atoms with E-state index in [1.807, 2.05) is 19.1 Å². The topological polar surface area (TPSA) is 73.2 Å². The Morgan fingerprint density at radius 1 is 1.48 bits per heavy atom. The van der Waals surface area contributed by atoms with Crippen LogP contribution in [0.5, 0.6) is 0 Å². The van der Waals surface area contributed by atoms with Crippen LogP contribution in [0, 0.1) is 6.92 Å². The Kier molecular flexibility index (Phi) is 4.71. The molecule has 2 aromatic rings. The number of aromatic nitrogens is 2. The zero-order valence-electron chi connectivity index (χ0n) is 13.2. The van der Waals surface area contributed by atoms with E-state index in [9.17, 15) is 9.59 Å². The summed E-state index contributed by atoms with van der Waals surface area (Å²) in [4.78, 5) is 28.7. The Bertz CT molecular complexity index is 763. The summed E-state index contributed by atoms with van der Waals surface area (Å²) < 4.78 is 6.96. The first-order chi connectivity index (χ1) is 11.1. The minimum absolute atomic E-state index is 0.0725. The molecule has 2 heterocycles. The molecule has 1 fully saturated rings. The Morgan fingerprint density at radius 2 is 2.35 bits per heavy atom. The Morgan fingerprint density at radius 3 is 3.13 bits per heavy atom. The van der Waals surface area contributed by atoms with E-state index in [2.05, 4.69) is 10.3 Å². The van der Waals surface area contributed by atoms with Gasteiger partial charge in [-0.2, -0.15) is 0 Å². The molecule has 122 valence electrons. The van der Waals surface area contributed by atoms with Crippen LogP contribution in [-0.4, -0.2) is 34.7 Å². The highest BCUT2D eigenvalue weighted by Crippen LogP contribution is 2.12. The number of carbonyl (C=O) groups excluding carboxylic acids is 1. The van der Waals surface area contributed by atoms with Crippen LogP contribution in [-0.2, 0) is 16.1 Å². The minimum atomic E-state index is -0.106. The molecule has 1 amide bonds. The van der Waals surface area contributed by atoms with Crippen LogP contribution in [0.25, 0.3) is 10.9 Å². The number of benzene rings is 1. The van der Waals surface area contributed by atoms with Gasteiger partial charge in [-0.15, -0.1) is 0 Å². The van der Waals surface area contributed by atoms with Crippen molar-refractivity contribution in [3.63, 3.8) is 0 Å². The third-order valence-corrected chi connectivity index (χ3v) is 4.19. The van der Waals surface area contributed by atoms with E-state index in [4.69, 9.17) is 4.74 Å². The molecule has 6 nitrogen and oxygen atoms in total. The van der Waals surface area contributed by atoms with Crippen molar-refractivity contribution in [1.82, 2.24) is 14.9 Å². The minimum Gasteiger partial charge on any atom is -0.376 e. The number of nitrogens with one attached hydrogen (secondary N) is 1. The van der Waals surface area contributed by atoms with Crippen molar-refractivity contribution in [1.29, 1.82) is 0 Å². The van der Waals surface area contributed by atoms with Crippen LogP contribution in [0.15, 0.2) is 29.3 Å². The molecule has 6 heteroatoms. The summed E-state index contributed by atoms with van der Waals surface area (Å²) in [7, 11) is 0. The van der Waals surface area contributed by atoms with Gasteiger partial charge < -0.3 is 10.1 Å². The molecule has 0 bridgehead atoms. The maximum Gasteiger partial charge on any atom is 0.261 e.